The average molecular weight is 1670 g/mol. The van der Waals surface area contributed by atoms with Crippen LogP contribution in [0.1, 0.15) is 134 Å². The summed E-state index contributed by atoms with van der Waals surface area (Å²) in [6.07, 6.45) is 15.1. The van der Waals surface area contributed by atoms with Crippen LogP contribution in [0.5, 0.6) is 0 Å². The molecule has 580 valence electrons. The van der Waals surface area contributed by atoms with Crippen LogP contribution in [-0.2, 0) is 84.1 Å². The molecule has 0 spiro atoms. The van der Waals surface area contributed by atoms with Crippen LogP contribution in [0, 0.1) is 5.92 Å². The molecule has 4 aromatic carbocycles. The second-order valence-electron chi connectivity index (χ2n) is 26.2. The van der Waals surface area contributed by atoms with Crippen LogP contribution in [0.4, 0.5) is 19.2 Å². The van der Waals surface area contributed by atoms with E-state index in [4.69, 9.17) is 22.1 Å². The van der Waals surface area contributed by atoms with E-state index in [1.165, 1.54) is 43.4 Å². The van der Waals surface area contributed by atoms with Crippen LogP contribution < -0.4 is 27.0 Å². The van der Waals surface area contributed by atoms with Crippen molar-refractivity contribution in [2.24, 2.45) is 11.7 Å². The first-order valence-electron chi connectivity index (χ1n) is 35.4. The van der Waals surface area contributed by atoms with Crippen molar-refractivity contribution < 1.29 is 50.3 Å². The number of carbonyl (C=O) groups excluding carboxylic acids is 5. The normalized spacial score (nSPS) is 12.4. The summed E-state index contributed by atoms with van der Waals surface area (Å²) in [6, 6.07) is 41.1. The maximum Gasteiger partial charge on any atom is 0.407 e. The second kappa shape index (κ2) is 48.2. The number of alkyl carbamates (subject to hydrolysis) is 2. The zero-order valence-electron chi connectivity index (χ0n) is 62.0. The van der Waals surface area contributed by atoms with E-state index in [1.807, 2.05) is 95.7 Å². The third-order valence-electron chi connectivity index (χ3n) is 16.7. The Bertz CT molecular complexity index is 4140. The highest BCUT2D eigenvalue weighted by Crippen LogP contribution is 2.25. The molecule has 0 aliphatic rings. The maximum absolute atomic E-state index is 14.2. The number of rotatable bonds is 36. The van der Waals surface area contributed by atoms with Crippen LogP contribution in [0.3, 0.4) is 0 Å². The first-order chi connectivity index (χ1) is 51.8. The number of nitrogens with two attached hydrogens (primary N) is 1. The number of nitrogens with one attached hydrogen (secondary N) is 4. The van der Waals surface area contributed by atoms with Gasteiger partial charge in [-0.25, -0.2) is 33.9 Å². The van der Waals surface area contributed by atoms with E-state index in [9.17, 15) is 33.9 Å². The Balaban J connectivity index is 0.000000315. The van der Waals surface area contributed by atoms with Crippen molar-refractivity contribution in [3.05, 3.63) is 246 Å². The van der Waals surface area contributed by atoms with E-state index < -0.39 is 36.3 Å². The Kier molecular flexibility index (Phi) is 39.1. The van der Waals surface area contributed by atoms with E-state index in [-0.39, 0.29) is 100.0 Å². The van der Waals surface area contributed by atoms with Gasteiger partial charge in [0.1, 0.15) is 25.3 Å². The van der Waals surface area contributed by atoms with Crippen LogP contribution >= 0.6 is 69.3 Å². The minimum absolute atomic E-state index is 0. The molecule has 6 aromatic heterocycles. The number of aliphatic carboxylic acids is 1. The number of halogens is 1. The molecule has 30 heteroatoms. The number of ether oxygens (including phenoxy) is 2. The molecule has 10 aromatic rings. The quantitative estimate of drug-likeness (QED) is 0.0199. The molecule has 0 unspecified atom stereocenters. The van der Waals surface area contributed by atoms with E-state index in [0.29, 0.717) is 50.6 Å². The highest BCUT2D eigenvalue weighted by atomic mass is 127. The second-order valence-corrected chi connectivity index (χ2v) is 29.9. The van der Waals surface area contributed by atoms with E-state index in [2.05, 4.69) is 115 Å². The number of urea groups is 2. The molecule has 6 heterocycles. The Morgan fingerprint density at radius 3 is 1.32 bits per heavy atom. The average Bonchev–Trinajstić information content (AvgIpc) is 1.72. The minimum Gasteiger partial charge on any atom is -0.480 e. The number of carboxylic acid groups (broad SMARTS) is 1. The summed E-state index contributed by atoms with van der Waals surface area (Å²) in [5, 5.41) is 35.1. The van der Waals surface area contributed by atoms with Crippen LogP contribution in [-0.4, -0.2) is 140 Å². The SMILES string of the molecule is C.CC(C)c1nc(CN(C)C(=O)N[C@@H](Cn2cccn2)C(=O)C[C@@H](CC[C@@H](Cc2ccccc2)NC(=O)OCc2cncs2)Cc2ccccc2)cs1.CC(C)c1nc(CN(C)C(=O)N[C@@H](Cn2cccn2)C(=O)O)cs1.I.N[C@@H](CC[C@@H](Cc1ccccc1)NC(=O)OCc1cncs1)Cc1ccccc1.[2H]O. The molecule has 0 aliphatic carbocycles. The van der Waals surface area contributed by atoms with Crippen LogP contribution in [0.25, 0.3) is 0 Å². The molecule has 0 saturated heterocycles. The highest BCUT2D eigenvalue weighted by Gasteiger charge is 2.29. The lowest BCUT2D eigenvalue weighted by Crippen LogP contribution is -2.49. The lowest BCUT2D eigenvalue weighted by atomic mass is 9.86. The zero-order chi connectivity index (χ0) is 76.7. The Hall–Kier alpha value is -9.31. The first-order valence-corrected chi connectivity index (χ1v) is 38.4. The van der Waals surface area contributed by atoms with Gasteiger partial charge >= 0.3 is 30.2 Å². The van der Waals surface area contributed by atoms with Crippen molar-refractivity contribution >= 4 is 105 Å². The minimum atomic E-state index is -1.11. The van der Waals surface area contributed by atoms with Gasteiger partial charge in [-0.1, -0.05) is 156 Å². The highest BCUT2D eigenvalue weighted by molar-refractivity contribution is 14.0. The van der Waals surface area contributed by atoms with E-state index in [0.717, 1.165) is 68.0 Å². The van der Waals surface area contributed by atoms with Crippen molar-refractivity contribution in [3.8, 4) is 0 Å². The summed E-state index contributed by atoms with van der Waals surface area (Å²) in [5.74, 6) is -0.589. The molecule has 0 radical (unpaired) electrons. The smallest absolute Gasteiger partial charge is 0.407 e. The van der Waals surface area contributed by atoms with Gasteiger partial charge in [-0.05, 0) is 91.7 Å². The number of aromatic nitrogens is 8. The van der Waals surface area contributed by atoms with E-state index in [1.54, 1.807) is 107 Å². The van der Waals surface area contributed by atoms with Gasteiger partial charge in [-0.3, -0.25) is 24.1 Å². The van der Waals surface area contributed by atoms with Gasteiger partial charge in [0, 0.05) is 98.4 Å². The number of thiazole rings is 4. The molecule has 0 bridgehead atoms. The first kappa shape index (κ1) is 87.6. The Labute approximate surface area is 667 Å². The molecule has 6 atom stereocenters. The van der Waals surface area contributed by atoms with Crippen molar-refractivity contribution in [2.45, 2.75) is 174 Å². The van der Waals surface area contributed by atoms with Gasteiger partial charge in [0.2, 0.25) is 1.43 Å². The van der Waals surface area contributed by atoms with Gasteiger partial charge in [-0.15, -0.1) is 69.3 Å². The molecular formula is C78H102IN15O10S4. The van der Waals surface area contributed by atoms with Gasteiger partial charge in [0.15, 0.2) is 5.78 Å². The summed E-state index contributed by atoms with van der Waals surface area (Å²) < 4.78 is 18.8. The van der Waals surface area contributed by atoms with E-state index >= 15 is 0 Å². The number of Topliss-reactive ketones (excluding diaryl/α,β-unsaturated/α-hetero) is 1. The number of nitrogens with zero attached hydrogens (tertiary/aromatic N) is 10. The molecular weight excluding hydrogens is 1560 g/mol. The number of carbonyl (C=O) groups is 6. The van der Waals surface area contributed by atoms with Crippen molar-refractivity contribution in [2.75, 3.05) is 14.1 Å². The summed E-state index contributed by atoms with van der Waals surface area (Å²) in [6.45, 7) is 9.63. The van der Waals surface area contributed by atoms with Gasteiger partial charge in [0.25, 0.3) is 0 Å². The Morgan fingerprint density at radius 2 is 0.944 bits per heavy atom. The Morgan fingerprint density at radius 1 is 0.546 bits per heavy atom. The fraction of sp³-hybridized carbons (Fsp3) is 0.385. The number of hydrogen-bond donors (Lipinski definition) is 6. The largest absolute Gasteiger partial charge is 0.480 e. The summed E-state index contributed by atoms with van der Waals surface area (Å²) in [4.78, 5) is 98.4. The van der Waals surface area contributed by atoms with Crippen molar-refractivity contribution in [1.29, 1.82) is 0 Å². The van der Waals surface area contributed by atoms with Gasteiger partial charge in [-0.2, -0.15) is 10.2 Å². The van der Waals surface area contributed by atoms with Crippen LogP contribution in [0.15, 0.2) is 192 Å². The number of amides is 6. The molecule has 10 rings (SSSR count). The summed E-state index contributed by atoms with van der Waals surface area (Å²) >= 11 is 6.04. The third kappa shape index (κ3) is 32.6. The molecule has 108 heavy (non-hydrogen) atoms. The fourth-order valence-electron chi connectivity index (χ4n) is 11.2. The molecule has 0 aliphatic heterocycles. The lowest BCUT2D eigenvalue weighted by Gasteiger charge is -2.26. The number of carboxylic acids is 1. The molecule has 0 saturated carbocycles. The molecule has 9 N–H and O–H groups in total. The zero-order valence-corrected chi connectivity index (χ0v) is 66.5. The maximum atomic E-state index is 14.2. The lowest BCUT2D eigenvalue weighted by molar-refractivity contribution is -0.139. The van der Waals surface area contributed by atoms with Crippen LogP contribution in [0.2, 0.25) is 0 Å². The number of benzene rings is 4. The third-order valence-corrected chi connectivity index (χ3v) is 20.6. The molecule has 0 fully saturated rings. The molecule has 25 nitrogen and oxygen atoms in total. The standard InChI is InChI=1S/C39H47N7O4S2.C23H27N3O2S.C15H21N5O3S.CH4.HI.H2O/c1-28(2)37-42-33(26-51-37)23-45(3)38(48)44-35(24-46-18-10-17-41-46)36(47)21-31(19-29-11-6-4-7-12-29)15-16-32(20-30-13-8-5-9-14-30)43-39(49)50-25-34-22-40-27-52-34;24-20(13-18-7-3-1-4-8-18)11-12-21(14-19-9-5-2-6-10-19)26-23(27)28-16-22-15-25-17-29-22;1-10(2)13-17-11(9-24-13)7-19(3)15(23)18-12(14(21)22)8-20-6-4-5-16-20;;;/h4-14,17-18,22,26-28,31-32,35H,15-16,19-21,23-25H2,1-3H3,(H,43,49)(H,44,48);1-10,15,17,20-21H,11-14,16,24H2,(H,26,27);4-6,9-10,12H,7-8H2,1-3H3,(H,18,23)(H,21,22);1H4;1H;1H2/t31-,32-,35-;20-,21-;12-;;;/m000.../s1/i/hD. The topological polar surface area (TPSA) is 340 Å². The number of ketones is 1. The summed E-state index contributed by atoms with van der Waals surface area (Å²) in [7, 11) is 3.32. The van der Waals surface area contributed by atoms with Gasteiger partial charge in [0.05, 0.1) is 68.4 Å². The molecule has 6 amide bonds. The monoisotopic (exact) mass is 1660 g/mol. The number of hydrogen-bond acceptors (Lipinski definition) is 19. The van der Waals surface area contributed by atoms with Gasteiger partial charge < -0.3 is 56.9 Å². The predicted octanol–water partition coefficient (Wildman–Crippen LogP) is 13.8. The van der Waals surface area contributed by atoms with Crippen molar-refractivity contribution in [1.82, 2.24) is 70.6 Å². The summed E-state index contributed by atoms with van der Waals surface area (Å²) in [5.41, 5.74) is 22.3. The van der Waals surface area contributed by atoms with Crippen molar-refractivity contribution in [3.63, 3.8) is 0 Å². The predicted molar refractivity (Wildman–Crippen MR) is 436 cm³/mol. The fourth-order valence-corrected chi connectivity index (χ4v) is 13.8.